The van der Waals surface area contributed by atoms with Crippen LogP contribution in [-0.4, -0.2) is 16.6 Å². The first-order valence-corrected chi connectivity index (χ1v) is 3.46. The number of anilines is 1. The van der Waals surface area contributed by atoms with Crippen LogP contribution in [0, 0.1) is 11.3 Å². The third-order valence-corrected chi connectivity index (χ3v) is 1.52. The quantitative estimate of drug-likeness (QED) is 0.679. The molecule has 0 spiro atoms. The summed E-state index contributed by atoms with van der Waals surface area (Å²) in [6.07, 6.45) is 1.66. The first-order chi connectivity index (χ1) is 5.33. The minimum absolute atomic E-state index is 0.453. The second kappa shape index (κ2) is 3.06. The molecule has 0 aliphatic heterocycles. The lowest BCUT2D eigenvalue weighted by Gasteiger charge is -2.02. The van der Waals surface area contributed by atoms with E-state index in [2.05, 4.69) is 10.3 Å². The van der Waals surface area contributed by atoms with E-state index in [4.69, 9.17) is 5.26 Å². The number of nitrogens with zero attached hydrogens (tertiary/aromatic N) is 3. The van der Waals surface area contributed by atoms with Crippen molar-refractivity contribution in [2.75, 3.05) is 12.4 Å². The molecule has 58 valence electrons. The summed E-state index contributed by atoms with van der Waals surface area (Å²) in [6.45, 7) is 2.83. The molecule has 11 heavy (non-hydrogen) atoms. The molecule has 1 aromatic heterocycles. The topological polar surface area (TPSA) is 53.6 Å². The number of aryl methyl sites for hydroxylation is 1. The average molecular weight is 150 g/mol. The van der Waals surface area contributed by atoms with Gasteiger partial charge in [0.15, 0.2) is 5.69 Å². The molecule has 0 aromatic carbocycles. The normalized spacial score (nSPS) is 9.18. The van der Waals surface area contributed by atoms with Crippen LogP contribution < -0.4 is 5.32 Å². The van der Waals surface area contributed by atoms with E-state index in [0.717, 1.165) is 12.4 Å². The van der Waals surface area contributed by atoms with Crippen LogP contribution in [-0.2, 0) is 6.54 Å². The molecule has 0 saturated heterocycles. The summed E-state index contributed by atoms with van der Waals surface area (Å²) in [5, 5.41) is 11.5. The number of imidazole rings is 1. The van der Waals surface area contributed by atoms with Crippen molar-refractivity contribution in [3.05, 3.63) is 12.0 Å². The van der Waals surface area contributed by atoms with Gasteiger partial charge in [-0.2, -0.15) is 5.26 Å². The summed E-state index contributed by atoms with van der Waals surface area (Å²) >= 11 is 0. The third-order valence-electron chi connectivity index (χ3n) is 1.52. The minimum Gasteiger partial charge on any atom is -0.372 e. The van der Waals surface area contributed by atoms with Gasteiger partial charge in [-0.3, -0.25) is 0 Å². The highest BCUT2D eigenvalue weighted by molar-refractivity contribution is 5.48. The average Bonchev–Trinajstić information content (AvgIpc) is 2.45. The Morgan fingerprint density at radius 2 is 2.55 bits per heavy atom. The SMILES string of the molecule is CCn1cnc(C#N)c1NC. The van der Waals surface area contributed by atoms with Crippen molar-refractivity contribution < 1.29 is 0 Å². The molecule has 0 aliphatic rings. The van der Waals surface area contributed by atoms with E-state index in [9.17, 15) is 0 Å². The lowest BCUT2D eigenvalue weighted by atomic mass is 10.4. The van der Waals surface area contributed by atoms with Crippen molar-refractivity contribution in [1.82, 2.24) is 9.55 Å². The first-order valence-electron chi connectivity index (χ1n) is 3.46. The lowest BCUT2D eigenvalue weighted by molar-refractivity contribution is 0.768. The molecule has 4 nitrogen and oxygen atoms in total. The highest BCUT2D eigenvalue weighted by Gasteiger charge is 2.05. The van der Waals surface area contributed by atoms with E-state index in [1.807, 2.05) is 17.6 Å². The van der Waals surface area contributed by atoms with E-state index in [-0.39, 0.29) is 0 Å². The van der Waals surface area contributed by atoms with Gasteiger partial charge in [-0.15, -0.1) is 0 Å². The fourth-order valence-corrected chi connectivity index (χ4v) is 0.966. The van der Waals surface area contributed by atoms with Crippen LogP contribution in [0.5, 0.6) is 0 Å². The van der Waals surface area contributed by atoms with Gasteiger partial charge in [-0.25, -0.2) is 4.98 Å². The van der Waals surface area contributed by atoms with E-state index in [0.29, 0.717) is 5.69 Å². The van der Waals surface area contributed by atoms with E-state index in [1.54, 1.807) is 13.4 Å². The Balaban J connectivity index is 3.12. The van der Waals surface area contributed by atoms with E-state index >= 15 is 0 Å². The summed E-state index contributed by atoms with van der Waals surface area (Å²) in [4.78, 5) is 3.92. The molecular weight excluding hydrogens is 140 g/mol. The molecule has 0 radical (unpaired) electrons. The maximum atomic E-state index is 8.59. The summed E-state index contributed by atoms with van der Waals surface area (Å²) < 4.78 is 1.89. The number of nitrogens with one attached hydrogen (secondary N) is 1. The van der Waals surface area contributed by atoms with Gasteiger partial charge in [0.05, 0.1) is 6.33 Å². The highest BCUT2D eigenvalue weighted by Crippen LogP contribution is 2.11. The Hall–Kier alpha value is -1.50. The number of nitriles is 1. The standard InChI is InChI=1S/C7H10N4/c1-3-11-5-10-6(4-8)7(11)9-2/h5,9H,3H2,1-2H3. The molecule has 0 saturated carbocycles. The Labute approximate surface area is 65.5 Å². The Morgan fingerprint density at radius 1 is 1.82 bits per heavy atom. The van der Waals surface area contributed by atoms with Crippen LogP contribution in [0.3, 0.4) is 0 Å². The predicted molar refractivity (Wildman–Crippen MR) is 42.2 cm³/mol. The van der Waals surface area contributed by atoms with Gasteiger partial charge >= 0.3 is 0 Å². The van der Waals surface area contributed by atoms with Gasteiger partial charge in [-0.1, -0.05) is 0 Å². The zero-order valence-corrected chi connectivity index (χ0v) is 6.63. The second-order valence-electron chi connectivity index (χ2n) is 2.09. The van der Waals surface area contributed by atoms with Crippen molar-refractivity contribution in [2.45, 2.75) is 13.5 Å². The summed E-state index contributed by atoms with van der Waals surface area (Å²) in [6, 6.07) is 2.01. The smallest absolute Gasteiger partial charge is 0.182 e. The largest absolute Gasteiger partial charge is 0.372 e. The minimum atomic E-state index is 0.453. The Kier molecular flexibility index (Phi) is 2.12. The number of hydrogen-bond acceptors (Lipinski definition) is 3. The van der Waals surface area contributed by atoms with Crippen molar-refractivity contribution in [2.24, 2.45) is 0 Å². The van der Waals surface area contributed by atoms with Crippen molar-refractivity contribution in [1.29, 1.82) is 5.26 Å². The molecule has 0 unspecified atom stereocenters. The predicted octanol–water partition coefficient (Wildman–Crippen LogP) is 0.816. The van der Waals surface area contributed by atoms with Gasteiger partial charge < -0.3 is 9.88 Å². The summed E-state index contributed by atoms with van der Waals surface area (Å²) in [5.41, 5.74) is 0.453. The maximum absolute atomic E-state index is 8.59. The van der Waals surface area contributed by atoms with Crippen LogP contribution in [0.25, 0.3) is 0 Å². The fourth-order valence-electron chi connectivity index (χ4n) is 0.966. The fraction of sp³-hybridized carbons (Fsp3) is 0.429. The van der Waals surface area contributed by atoms with Gasteiger partial charge in [-0.05, 0) is 6.92 Å². The molecule has 1 heterocycles. The van der Waals surface area contributed by atoms with Gasteiger partial charge in [0.25, 0.3) is 0 Å². The molecule has 0 fully saturated rings. The Bertz CT molecular complexity index is 281. The molecule has 1 N–H and O–H groups in total. The maximum Gasteiger partial charge on any atom is 0.182 e. The summed E-state index contributed by atoms with van der Waals surface area (Å²) in [5.74, 6) is 0.787. The van der Waals surface area contributed by atoms with Crippen molar-refractivity contribution >= 4 is 5.82 Å². The number of hydrogen-bond donors (Lipinski definition) is 1. The van der Waals surface area contributed by atoms with Gasteiger partial charge in [0, 0.05) is 13.6 Å². The van der Waals surface area contributed by atoms with E-state index < -0.39 is 0 Å². The number of aromatic nitrogens is 2. The Morgan fingerprint density at radius 3 is 3.00 bits per heavy atom. The van der Waals surface area contributed by atoms with Crippen LogP contribution in [0.4, 0.5) is 5.82 Å². The molecule has 4 heteroatoms. The molecule has 1 aromatic rings. The van der Waals surface area contributed by atoms with Crippen molar-refractivity contribution in [3.63, 3.8) is 0 Å². The zero-order chi connectivity index (χ0) is 8.27. The third kappa shape index (κ3) is 1.17. The monoisotopic (exact) mass is 150 g/mol. The molecule has 0 amide bonds. The van der Waals surface area contributed by atoms with Crippen LogP contribution in [0.1, 0.15) is 12.6 Å². The number of rotatable bonds is 2. The molecule has 1 rings (SSSR count). The van der Waals surface area contributed by atoms with E-state index in [1.165, 1.54) is 0 Å². The second-order valence-corrected chi connectivity index (χ2v) is 2.09. The summed E-state index contributed by atoms with van der Waals surface area (Å²) in [7, 11) is 1.78. The highest BCUT2D eigenvalue weighted by atomic mass is 15.1. The first kappa shape index (κ1) is 7.61. The zero-order valence-electron chi connectivity index (χ0n) is 6.63. The van der Waals surface area contributed by atoms with Crippen LogP contribution >= 0.6 is 0 Å². The molecule has 0 bridgehead atoms. The molecule has 0 atom stereocenters. The van der Waals surface area contributed by atoms with Crippen LogP contribution in [0.2, 0.25) is 0 Å². The molecule has 0 aliphatic carbocycles. The van der Waals surface area contributed by atoms with Gasteiger partial charge in [0.1, 0.15) is 11.9 Å². The molecular formula is C7H10N4. The van der Waals surface area contributed by atoms with Gasteiger partial charge in [0.2, 0.25) is 0 Å². The van der Waals surface area contributed by atoms with Crippen molar-refractivity contribution in [3.8, 4) is 6.07 Å². The lowest BCUT2D eigenvalue weighted by Crippen LogP contribution is -2.00. The van der Waals surface area contributed by atoms with Crippen LogP contribution in [0.15, 0.2) is 6.33 Å².